The normalized spacial score (nSPS) is 18.9. The molecule has 3 N–H and O–H groups in total. The summed E-state index contributed by atoms with van der Waals surface area (Å²) < 4.78 is 0. The molecule has 0 radical (unpaired) electrons. The summed E-state index contributed by atoms with van der Waals surface area (Å²) in [5, 5.41) is 6.10. The highest BCUT2D eigenvalue weighted by molar-refractivity contribution is 7.99. The average molecular weight is 276 g/mol. The number of hydrogen-bond acceptors (Lipinski definition) is 4. The van der Waals surface area contributed by atoms with Crippen molar-refractivity contribution in [1.82, 2.24) is 15.3 Å². The zero-order chi connectivity index (χ0) is 13.2. The highest BCUT2D eigenvalue weighted by atomic mass is 32.2. The monoisotopic (exact) mass is 276 g/mol. The van der Waals surface area contributed by atoms with Crippen LogP contribution in [0.25, 0.3) is 11.0 Å². The Morgan fingerprint density at radius 3 is 3.21 bits per heavy atom. The number of hydrogen-bond donors (Lipinski definition) is 3. The van der Waals surface area contributed by atoms with Gasteiger partial charge in [0, 0.05) is 23.7 Å². The van der Waals surface area contributed by atoms with Gasteiger partial charge in [-0.15, -0.1) is 11.8 Å². The molecule has 0 saturated carbocycles. The van der Waals surface area contributed by atoms with Crippen molar-refractivity contribution < 1.29 is 4.79 Å². The van der Waals surface area contributed by atoms with E-state index in [-0.39, 0.29) is 11.9 Å². The molecule has 2 heterocycles. The van der Waals surface area contributed by atoms with Crippen LogP contribution in [0.3, 0.4) is 0 Å². The van der Waals surface area contributed by atoms with E-state index in [0.29, 0.717) is 0 Å². The molecule has 1 aliphatic rings. The summed E-state index contributed by atoms with van der Waals surface area (Å²) in [7, 11) is 0. The van der Waals surface area contributed by atoms with E-state index in [1.54, 1.807) is 11.8 Å². The minimum absolute atomic E-state index is 0.0274. The first-order valence-corrected chi connectivity index (χ1v) is 7.52. The maximum absolute atomic E-state index is 12.0. The van der Waals surface area contributed by atoms with Crippen LogP contribution in [0.5, 0.6) is 0 Å². The Bertz CT molecular complexity index is 604. The van der Waals surface area contributed by atoms with Gasteiger partial charge in [-0.1, -0.05) is 6.92 Å². The van der Waals surface area contributed by atoms with Crippen LogP contribution < -0.4 is 10.6 Å². The van der Waals surface area contributed by atoms with Crippen molar-refractivity contribution in [2.45, 2.75) is 19.4 Å². The van der Waals surface area contributed by atoms with Crippen LogP contribution in [-0.2, 0) is 11.2 Å². The molecule has 19 heavy (non-hydrogen) atoms. The summed E-state index contributed by atoms with van der Waals surface area (Å²) in [4.78, 5) is 19.7. The lowest BCUT2D eigenvalue weighted by atomic mass is 10.2. The zero-order valence-corrected chi connectivity index (χ0v) is 11.5. The second-order valence-corrected chi connectivity index (χ2v) is 5.56. The van der Waals surface area contributed by atoms with Gasteiger partial charge in [0.1, 0.15) is 5.82 Å². The number of rotatable bonds is 3. The van der Waals surface area contributed by atoms with Crippen molar-refractivity contribution in [2.75, 3.05) is 16.9 Å². The Kier molecular flexibility index (Phi) is 3.44. The number of aromatic nitrogens is 2. The molecule has 1 amide bonds. The summed E-state index contributed by atoms with van der Waals surface area (Å²) in [6.07, 6.45) is 0.875. The molecule has 1 aromatic carbocycles. The lowest BCUT2D eigenvalue weighted by Crippen LogP contribution is -2.37. The fraction of sp³-hybridized carbons (Fsp3) is 0.385. The molecule has 0 aliphatic carbocycles. The molecule has 3 rings (SSSR count). The van der Waals surface area contributed by atoms with Gasteiger partial charge in [-0.3, -0.25) is 10.1 Å². The Balaban J connectivity index is 1.78. The van der Waals surface area contributed by atoms with E-state index in [0.717, 1.165) is 40.6 Å². The number of amides is 1. The Hall–Kier alpha value is -1.53. The van der Waals surface area contributed by atoms with E-state index in [9.17, 15) is 4.79 Å². The van der Waals surface area contributed by atoms with Crippen molar-refractivity contribution in [3.63, 3.8) is 0 Å². The van der Waals surface area contributed by atoms with Crippen LogP contribution in [-0.4, -0.2) is 33.5 Å². The number of thioether (sulfide) groups is 1. The number of aryl methyl sites for hydroxylation is 1. The quantitative estimate of drug-likeness (QED) is 0.798. The number of benzene rings is 1. The number of nitrogens with zero attached hydrogens (tertiary/aromatic N) is 1. The lowest BCUT2D eigenvalue weighted by molar-refractivity contribution is -0.117. The predicted octanol–water partition coefficient (Wildman–Crippen LogP) is 1.73. The van der Waals surface area contributed by atoms with Gasteiger partial charge in [0.25, 0.3) is 0 Å². The van der Waals surface area contributed by atoms with Crippen LogP contribution in [0.2, 0.25) is 0 Å². The van der Waals surface area contributed by atoms with Crippen LogP contribution in [0, 0.1) is 0 Å². The third-order valence-electron chi connectivity index (χ3n) is 3.17. The third-order valence-corrected chi connectivity index (χ3v) is 4.11. The van der Waals surface area contributed by atoms with E-state index in [4.69, 9.17) is 0 Å². The third kappa shape index (κ3) is 2.59. The van der Waals surface area contributed by atoms with Crippen molar-refractivity contribution in [2.24, 2.45) is 0 Å². The first-order chi connectivity index (χ1) is 9.26. The SMILES string of the molecule is CCc1nc2ccc(NC(=O)C3CSCN3)cc2[nH]1. The van der Waals surface area contributed by atoms with Crippen LogP contribution >= 0.6 is 11.8 Å². The van der Waals surface area contributed by atoms with E-state index in [1.807, 2.05) is 18.2 Å². The topological polar surface area (TPSA) is 69.8 Å². The number of carbonyl (C=O) groups is 1. The molecule has 0 bridgehead atoms. The fourth-order valence-electron chi connectivity index (χ4n) is 2.10. The highest BCUT2D eigenvalue weighted by Gasteiger charge is 2.22. The zero-order valence-electron chi connectivity index (χ0n) is 10.7. The molecule has 1 aliphatic heterocycles. The van der Waals surface area contributed by atoms with E-state index in [2.05, 4.69) is 27.5 Å². The molecule has 1 aromatic heterocycles. The first kappa shape index (κ1) is 12.5. The molecule has 1 fully saturated rings. The molecule has 0 spiro atoms. The van der Waals surface area contributed by atoms with Crippen molar-refractivity contribution in [3.8, 4) is 0 Å². The van der Waals surface area contributed by atoms with Crippen molar-refractivity contribution in [1.29, 1.82) is 0 Å². The summed E-state index contributed by atoms with van der Waals surface area (Å²) in [5.74, 6) is 2.67. The van der Waals surface area contributed by atoms with E-state index < -0.39 is 0 Å². The van der Waals surface area contributed by atoms with Gasteiger partial charge in [-0.2, -0.15) is 0 Å². The number of anilines is 1. The number of carbonyl (C=O) groups excluding carboxylic acids is 1. The molecule has 100 valence electrons. The Morgan fingerprint density at radius 2 is 2.47 bits per heavy atom. The largest absolute Gasteiger partial charge is 0.342 e. The minimum atomic E-state index is -0.0892. The number of imidazole rings is 1. The van der Waals surface area contributed by atoms with Gasteiger partial charge in [-0.25, -0.2) is 4.98 Å². The second kappa shape index (κ2) is 5.22. The Morgan fingerprint density at radius 1 is 1.58 bits per heavy atom. The molecule has 1 unspecified atom stereocenters. The number of nitrogens with one attached hydrogen (secondary N) is 3. The maximum atomic E-state index is 12.0. The first-order valence-electron chi connectivity index (χ1n) is 6.37. The second-order valence-electron chi connectivity index (χ2n) is 4.53. The van der Waals surface area contributed by atoms with Crippen LogP contribution in [0.1, 0.15) is 12.7 Å². The Labute approximate surface area is 115 Å². The highest BCUT2D eigenvalue weighted by Crippen LogP contribution is 2.18. The number of fused-ring (bicyclic) bond motifs is 1. The molecule has 6 heteroatoms. The summed E-state index contributed by atoms with van der Waals surface area (Å²) in [5.41, 5.74) is 2.70. The smallest absolute Gasteiger partial charge is 0.242 e. The van der Waals surface area contributed by atoms with Crippen LogP contribution in [0.4, 0.5) is 5.69 Å². The predicted molar refractivity (Wildman–Crippen MR) is 78.4 cm³/mol. The molecular formula is C13H16N4OS. The minimum Gasteiger partial charge on any atom is -0.342 e. The van der Waals surface area contributed by atoms with E-state index in [1.165, 1.54) is 0 Å². The standard InChI is InChI=1S/C13H16N4OS/c1-2-12-16-9-4-3-8(5-10(9)17-12)15-13(18)11-6-19-7-14-11/h3-5,11,14H,2,6-7H2,1H3,(H,15,18)(H,16,17). The average Bonchev–Trinajstić information content (AvgIpc) is 3.07. The molecular weight excluding hydrogens is 260 g/mol. The van der Waals surface area contributed by atoms with Gasteiger partial charge in [0.15, 0.2) is 0 Å². The molecule has 5 nitrogen and oxygen atoms in total. The maximum Gasteiger partial charge on any atom is 0.242 e. The van der Waals surface area contributed by atoms with Crippen molar-refractivity contribution >= 4 is 34.4 Å². The van der Waals surface area contributed by atoms with Gasteiger partial charge in [0.2, 0.25) is 5.91 Å². The van der Waals surface area contributed by atoms with E-state index >= 15 is 0 Å². The number of H-pyrrole nitrogens is 1. The van der Waals surface area contributed by atoms with Crippen LogP contribution in [0.15, 0.2) is 18.2 Å². The summed E-state index contributed by atoms with van der Waals surface area (Å²) in [6, 6.07) is 5.66. The molecule has 1 atom stereocenters. The van der Waals surface area contributed by atoms with Gasteiger partial charge in [-0.05, 0) is 18.2 Å². The van der Waals surface area contributed by atoms with Gasteiger partial charge in [0.05, 0.1) is 17.1 Å². The lowest BCUT2D eigenvalue weighted by Gasteiger charge is -2.10. The number of aromatic amines is 1. The van der Waals surface area contributed by atoms with Gasteiger partial charge < -0.3 is 10.3 Å². The summed E-state index contributed by atoms with van der Waals surface area (Å²) >= 11 is 1.74. The van der Waals surface area contributed by atoms with Gasteiger partial charge >= 0.3 is 0 Å². The molecule has 1 saturated heterocycles. The fourth-order valence-corrected chi connectivity index (χ4v) is 3.04. The van der Waals surface area contributed by atoms with Crippen molar-refractivity contribution in [3.05, 3.63) is 24.0 Å². The molecule has 2 aromatic rings. The summed E-state index contributed by atoms with van der Waals surface area (Å²) in [6.45, 7) is 2.06.